The highest BCUT2D eigenvalue weighted by Gasteiger charge is 2.23. The van der Waals surface area contributed by atoms with Gasteiger partial charge < -0.3 is 16.0 Å². The SMILES string of the molecule is CCN1CCCC1CNc1nc(NCC2CCCCC2)nc(Nc2ccc(SC)c(F)c2)n1. The smallest absolute Gasteiger partial charge is 0.233 e. The van der Waals surface area contributed by atoms with Crippen LogP contribution < -0.4 is 16.0 Å². The Kier molecular flexibility index (Phi) is 8.61. The number of likely N-dealkylation sites (N-methyl/N-ethyl adjacent to an activating group) is 1. The molecule has 0 amide bonds. The Bertz CT molecular complexity index is 906. The molecule has 1 aromatic heterocycles. The van der Waals surface area contributed by atoms with Gasteiger partial charge in [-0.15, -0.1) is 11.8 Å². The van der Waals surface area contributed by atoms with Crippen molar-refractivity contribution in [2.24, 2.45) is 5.92 Å². The van der Waals surface area contributed by atoms with Gasteiger partial charge >= 0.3 is 0 Å². The fourth-order valence-electron chi connectivity index (χ4n) is 4.84. The lowest BCUT2D eigenvalue weighted by Crippen LogP contribution is -2.35. The summed E-state index contributed by atoms with van der Waals surface area (Å²) in [5.74, 6) is 1.92. The average Bonchev–Trinajstić information content (AvgIpc) is 3.30. The Balaban J connectivity index is 1.48. The van der Waals surface area contributed by atoms with E-state index in [0.29, 0.717) is 40.4 Å². The largest absolute Gasteiger partial charge is 0.354 e. The van der Waals surface area contributed by atoms with E-state index in [1.165, 1.54) is 62.8 Å². The number of thioether (sulfide) groups is 1. The number of rotatable bonds is 10. The summed E-state index contributed by atoms with van der Waals surface area (Å²) < 4.78 is 14.3. The second-order valence-corrected chi connectivity index (χ2v) is 9.82. The molecule has 33 heavy (non-hydrogen) atoms. The second-order valence-electron chi connectivity index (χ2n) is 8.97. The Morgan fingerprint density at radius 2 is 1.70 bits per heavy atom. The topological polar surface area (TPSA) is 78.0 Å². The zero-order chi connectivity index (χ0) is 23.0. The zero-order valence-electron chi connectivity index (χ0n) is 19.7. The molecule has 2 aliphatic rings. The van der Waals surface area contributed by atoms with Crippen LogP contribution in [0.25, 0.3) is 0 Å². The Hall–Kier alpha value is -2.13. The summed E-state index contributed by atoms with van der Waals surface area (Å²) in [7, 11) is 0. The van der Waals surface area contributed by atoms with Crippen molar-refractivity contribution in [2.45, 2.75) is 62.8 Å². The van der Waals surface area contributed by atoms with Crippen molar-refractivity contribution < 1.29 is 4.39 Å². The summed E-state index contributed by atoms with van der Waals surface area (Å²) in [5.41, 5.74) is 0.619. The van der Waals surface area contributed by atoms with E-state index in [1.54, 1.807) is 6.07 Å². The third-order valence-corrected chi connectivity index (χ3v) is 7.49. The number of likely N-dealkylation sites (tertiary alicyclic amines) is 1. The molecule has 2 fully saturated rings. The molecule has 1 saturated carbocycles. The fourth-order valence-corrected chi connectivity index (χ4v) is 5.30. The molecule has 180 valence electrons. The molecule has 3 N–H and O–H groups in total. The summed E-state index contributed by atoms with van der Waals surface area (Å²) in [6, 6.07) is 5.59. The standard InChI is InChI=1S/C24H36FN7S/c1-3-32-13-7-10-19(32)16-27-23-29-22(26-15-17-8-5-4-6-9-17)30-24(31-23)28-18-11-12-21(33-2)20(25)14-18/h11-12,14,17,19H,3-10,13,15-16H2,1-2H3,(H3,26,27,28,29,30,31). The molecule has 1 aliphatic heterocycles. The van der Waals surface area contributed by atoms with Crippen LogP contribution in [0.2, 0.25) is 0 Å². The van der Waals surface area contributed by atoms with Gasteiger partial charge in [0.2, 0.25) is 17.8 Å². The first-order chi connectivity index (χ1) is 16.1. The first kappa shape index (κ1) is 24.0. The number of hydrogen-bond acceptors (Lipinski definition) is 8. The lowest BCUT2D eigenvalue weighted by Gasteiger charge is -2.23. The van der Waals surface area contributed by atoms with Crippen LogP contribution in [0, 0.1) is 11.7 Å². The summed E-state index contributed by atoms with van der Waals surface area (Å²) in [5, 5.41) is 10.0. The van der Waals surface area contributed by atoms with Crippen molar-refractivity contribution in [2.75, 3.05) is 48.4 Å². The van der Waals surface area contributed by atoms with Gasteiger partial charge in [-0.25, -0.2) is 4.39 Å². The molecule has 1 atom stereocenters. The molecule has 7 nitrogen and oxygen atoms in total. The number of benzene rings is 1. The Morgan fingerprint density at radius 1 is 0.970 bits per heavy atom. The van der Waals surface area contributed by atoms with Crippen molar-refractivity contribution in [3.63, 3.8) is 0 Å². The highest BCUT2D eigenvalue weighted by atomic mass is 32.2. The van der Waals surface area contributed by atoms with Gasteiger partial charge in [0.05, 0.1) is 0 Å². The number of nitrogens with one attached hydrogen (secondary N) is 3. The van der Waals surface area contributed by atoms with Gasteiger partial charge in [-0.1, -0.05) is 26.2 Å². The summed E-state index contributed by atoms with van der Waals surface area (Å²) in [4.78, 5) is 16.9. The minimum Gasteiger partial charge on any atom is -0.354 e. The fraction of sp³-hybridized carbons (Fsp3) is 0.625. The number of hydrogen-bond donors (Lipinski definition) is 3. The Labute approximate surface area is 200 Å². The van der Waals surface area contributed by atoms with E-state index in [-0.39, 0.29) is 5.82 Å². The van der Waals surface area contributed by atoms with Gasteiger partial charge in [-0.05, 0) is 69.1 Å². The van der Waals surface area contributed by atoms with E-state index in [1.807, 2.05) is 12.3 Å². The highest BCUT2D eigenvalue weighted by molar-refractivity contribution is 7.98. The van der Waals surface area contributed by atoms with Crippen LogP contribution in [-0.2, 0) is 0 Å². The zero-order valence-corrected chi connectivity index (χ0v) is 20.6. The van der Waals surface area contributed by atoms with Crippen LogP contribution in [0.15, 0.2) is 23.1 Å². The number of aromatic nitrogens is 3. The summed E-state index contributed by atoms with van der Waals surface area (Å²) in [6.07, 6.45) is 10.7. The molecule has 1 unspecified atom stereocenters. The molecule has 0 bridgehead atoms. The van der Waals surface area contributed by atoms with Crippen molar-refractivity contribution >= 4 is 35.3 Å². The maximum absolute atomic E-state index is 14.3. The van der Waals surface area contributed by atoms with Crippen LogP contribution in [0.3, 0.4) is 0 Å². The lowest BCUT2D eigenvalue weighted by atomic mass is 9.89. The van der Waals surface area contributed by atoms with E-state index < -0.39 is 0 Å². The van der Waals surface area contributed by atoms with Crippen molar-refractivity contribution in [3.8, 4) is 0 Å². The van der Waals surface area contributed by atoms with Crippen molar-refractivity contribution in [1.29, 1.82) is 0 Å². The van der Waals surface area contributed by atoms with E-state index in [4.69, 9.17) is 0 Å². The van der Waals surface area contributed by atoms with E-state index >= 15 is 0 Å². The Morgan fingerprint density at radius 3 is 2.39 bits per heavy atom. The van der Waals surface area contributed by atoms with E-state index in [9.17, 15) is 4.39 Å². The van der Waals surface area contributed by atoms with Gasteiger partial charge in [0.1, 0.15) is 5.82 Å². The first-order valence-electron chi connectivity index (χ1n) is 12.2. The van der Waals surface area contributed by atoms with Crippen LogP contribution in [-0.4, -0.2) is 58.3 Å². The van der Waals surface area contributed by atoms with Gasteiger partial charge in [0, 0.05) is 29.7 Å². The molecule has 2 aromatic rings. The number of halogens is 1. The highest BCUT2D eigenvalue weighted by Crippen LogP contribution is 2.26. The van der Waals surface area contributed by atoms with Crippen LogP contribution in [0.5, 0.6) is 0 Å². The molecule has 1 saturated heterocycles. The van der Waals surface area contributed by atoms with Gasteiger partial charge in [-0.2, -0.15) is 15.0 Å². The third-order valence-electron chi connectivity index (χ3n) is 6.72. The molecule has 4 rings (SSSR count). The third kappa shape index (κ3) is 6.69. The molecular weight excluding hydrogens is 437 g/mol. The maximum Gasteiger partial charge on any atom is 0.233 e. The molecular formula is C24H36FN7S. The molecule has 1 aliphatic carbocycles. The van der Waals surface area contributed by atoms with Crippen molar-refractivity contribution in [1.82, 2.24) is 19.9 Å². The van der Waals surface area contributed by atoms with Crippen LogP contribution in [0.4, 0.5) is 27.9 Å². The average molecular weight is 474 g/mol. The number of nitrogens with zero attached hydrogens (tertiary/aromatic N) is 4. The van der Waals surface area contributed by atoms with Crippen molar-refractivity contribution in [3.05, 3.63) is 24.0 Å². The molecule has 9 heteroatoms. The molecule has 0 radical (unpaired) electrons. The number of anilines is 4. The monoisotopic (exact) mass is 473 g/mol. The van der Waals surface area contributed by atoms with Gasteiger partial charge in [0.15, 0.2) is 0 Å². The predicted octanol–water partition coefficient (Wildman–Crippen LogP) is 5.36. The second kappa shape index (κ2) is 11.8. The van der Waals surface area contributed by atoms with Gasteiger partial charge in [-0.3, -0.25) is 4.90 Å². The normalized spacial score (nSPS) is 19.5. The minimum absolute atomic E-state index is 0.253. The van der Waals surface area contributed by atoms with Crippen LogP contribution in [0.1, 0.15) is 51.9 Å². The van der Waals surface area contributed by atoms with Crippen LogP contribution >= 0.6 is 11.8 Å². The summed E-state index contributed by atoms with van der Waals surface area (Å²) >= 11 is 1.39. The maximum atomic E-state index is 14.3. The predicted molar refractivity (Wildman–Crippen MR) is 135 cm³/mol. The van der Waals surface area contributed by atoms with E-state index in [2.05, 4.69) is 42.7 Å². The quantitative estimate of drug-likeness (QED) is 0.398. The molecule has 0 spiro atoms. The summed E-state index contributed by atoms with van der Waals surface area (Å²) in [6.45, 7) is 6.08. The lowest BCUT2D eigenvalue weighted by molar-refractivity contribution is 0.277. The first-order valence-corrected chi connectivity index (χ1v) is 13.5. The molecule has 2 heterocycles. The minimum atomic E-state index is -0.253. The molecule has 1 aromatic carbocycles. The van der Waals surface area contributed by atoms with E-state index in [0.717, 1.165) is 26.2 Å². The van der Waals surface area contributed by atoms with Gasteiger partial charge in [0.25, 0.3) is 0 Å².